The Kier molecular flexibility index (Phi) is 3.40. The Morgan fingerprint density at radius 2 is 2.06 bits per heavy atom. The van der Waals surface area contributed by atoms with Gasteiger partial charge >= 0.3 is 6.18 Å². The molecule has 0 aromatic carbocycles. The first-order valence-electron chi connectivity index (χ1n) is 5.50. The Balaban J connectivity index is 2.12. The van der Waals surface area contributed by atoms with E-state index in [1.54, 1.807) is 0 Å². The molecule has 1 aromatic rings. The minimum Gasteiger partial charge on any atom is -0.327 e. The highest BCUT2D eigenvalue weighted by Crippen LogP contribution is 2.29. The molecule has 1 aliphatic heterocycles. The molecule has 1 aromatic heterocycles. The maximum absolute atomic E-state index is 12.6. The van der Waals surface area contributed by atoms with Crippen molar-refractivity contribution >= 4 is 0 Å². The van der Waals surface area contributed by atoms with Gasteiger partial charge in [0, 0.05) is 26.2 Å². The summed E-state index contributed by atoms with van der Waals surface area (Å²) in [6.07, 6.45) is -4.45. The van der Waals surface area contributed by atoms with Crippen molar-refractivity contribution in [2.45, 2.75) is 19.3 Å². The standard InChI is InChI=1S/C10H14F3N5/c1-7(4-14)5-17-2-3-18-8(6-17)15-16-9(18)10(11,12)13/h1-6,14H2. The van der Waals surface area contributed by atoms with E-state index < -0.39 is 12.0 Å². The molecular formula is C10H14F3N5. The van der Waals surface area contributed by atoms with Crippen molar-refractivity contribution < 1.29 is 13.2 Å². The second-order valence-electron chi connectivity index (χ2n) is 4.25. The van der Waals surface area contributed by atoms with Gasteiger partial charge in [0.15, 0.2) is 0 Å². The molecule has 2 N–H and O–H groups in total. The first kappa shape index (κ1) is 13.0. The summed E-state index contributed by atoms with van der Waals surface area (Å²) in [6.45, 7) is 5.80. The summed E-state index contributed by atoms with van der Waals surface area (Å²) in [5.41, 5.74) is 6.28. The number of fused-ring (bicyclic) bond motifs is 1. The van der Waals surface area contributed by atoms with Crippen LogP contribution in [-0.2, 0) is 19.3 Å². The topological polar surface area (TPSA) is 60.0 Å². The maximum atomic E-state index is 12.6. The van der Waals surface area contributed by atoms with E-state index in [0.29, 0.717) is 32.0 Å². The van der Waals surface area contributed by atoms with Crippen molar-refractivity contribution in [1.82, 2.24) is 19.7 Å². The number of rotatable bonds is 3. The van der Waals surface area contributed by atoms with Gasteiger partial charge in [-0.05, 0) is 5.57 Å². The van der Waals surface area contributed by atoms with Crippen LogP contribution < -0.4 is 5.73 Å². The predicted octanol–water partition coefficient (Wildman–Crippen LogP) is 0.627. The zero-order valence-electron chi connectivity index (χ0n) is 9.74. The molecule has 0 atom stereocenters. The van der Waals surface area contributed by atoms with Crippen LogP contribution in [0.5, 0.6) is 0 Å². The Morgan fingerprint density at radius 1 is 1.33 bits per heavy atom. The summed E-state index contributed by atoms with van der Waals surface area (Å²) in [6, 6.07) is 0. The molecule has 0 unspecified atom stereocenters. The first-order valence-corrected chi connectivity index (χ1v) is 5.50. The molecule has 0 saturated carbocycles. The Morgan fingerprint density at radius 3 is 2.67 bits per heavy atom. The molecule has 8 heteroatoms. The Labute approximate surface area is 102 Å². The lowest BCUT2D eigenvalue weighted by Crippen LogP contribution is -2.37. The number of hydrogen-bond donors (Lipinski definition) is 1. The average molecular weight is 261 g/mol. The predicted molar refractivity (Wildman–Crippen MR) is 58.5 cm³/mol. The second kappa shape index (κ2) is 4.69. The van der Waals surface area contributed by atoms with E-state index >= 15 is 0 Å². The fourth-order valence-electron chi connectivity index (χ4n) is 1.93. The van der Waals surface area contributed by atoms with Crippen molar-refractivity contribution in [2.75, 3.05) is 19.6 Å². The van der Waals surface area contributed by atoms with Gasteiger partial charge in [-0.25, -0.2) is 0 Å². The van der Waals surface area contributed by atoms with Gasteiger partial charge in [0.25, 0.3) is 0 Å². The molecule has 0 bridgehead atoms. The minimum atomic E-state index is -4.45. The summed E-state index contributed by atoms with van der Waals surface area (Å²) in [4.78, 5) is 1.96. The molecule has 0 spiro atoms. The number of alkyl halides is 3. The van der Waals surface area contributed by atoms with Crippen LogP contribution in [0.3, 0.4) is 0 Å². The Bertz CT molecular complexity index is 451. The van der Waals surface area contributed by atoms with Crippen LogP contribution in [0.15, 0.2) is 12.2 Å². The molecule has 0 radical (unpaired) electrons. The van der Waals surface area contributed by atoms with E-state index in [9.17, 15) is 13.2 Å². The van der Waals surface area contributed by atoms with Crippen molar-refractivity contribution in [1.29, 1.82) is 0 Å². The van der Waals surface area contributed by atoms with Crippen LogP contribution in [0.4, 0.5) is 13.2 Å². The fraction of sp³-hybridized carbons (Fsp3) is 0.600. The lowest BCUT2D eigenvalue weighted by Gasteiger charge is -2.28. The van der Waals surface area contributed by atoms with E-state index in [1.807, 2.05) is 4.90 Å². The van der Waals surface area contributed by atoms with Gasteiger partial charge in [-0.2, -0.15) is 13.2 Å². The van der Waals surface area contributed by atoms with E-state index in [-0.39, 0.29) is 6.54 Å². The smallest absolute Gasteiger partial charge is 0.327 e. The van der Waals surface area contributed by atoms with Crippen LogP contribution >= 0.6 is 0 Å². The van der Waals surface area contributed by atoms with Crippen molar-refractivity contribution in [3.8, 4) is 0 Å². The molecule has 0 aliphatic carbocycles. The SMILES string of the molecule is C=C(CN)CN1CCn2c(nnc2C(F)(F)F)C1. The number of halogens is 3. The molecule has 0 fully saturated rings. The van der Waals surface area contributed by atoms with Gasteiger partial charge in [0.2, 0.25) is 5.82 Å². The molecule has 2 heterocycles. The Hall–Kier alpha value is -1.41. The van der Waals surface area contributed by atoms with E-state index in [1.165, 1.54) is 0 Å². The molecular weight excluding hydrogens is 247 g/mol. The molecule has 18 heavy (non-hydrogen) atoms. The molecule has 100 valence electrons. The number of aromatic nitrogens is 3. The summed E-state index contributed by atoms with van der Waals surface area (Å²) < 4.78 is 38.9. The highest BCUT2D eigenvalue weighted by molar-refractivity contribution is 5.05. The molecule has 0 amide bonds. The zero-order valence-corrected chi connectivity index (χ0v) is 9.74. The summed E-state index contributed by atoms with van der Waals surface area (Å²) in [5, 5.41) is 6.81. The summed E-state index contributed by atoms with van der Waals surface area (Å²) >= 11 is 0. The van der Waals surface area contributed by atoms with Crippen LogP contribution in [0.25, 0.3) is 0 Å². The largest absolute Gasteiger partial charge is 0.451 e. The fourth-order valence-corrected chi connectivity index (χ4v) is 1.93. The highest BCUT2D eigenvalue weighted by Gasteiger charge is 2.39. The van der Waals surface area contributed by atoms with Crippen LogP contribution in [-0.4, -0.2) is 39.3 Å². The number of nitrogens with two attached hydrogens (primary N) is 1. The normalized spacial score (nSPS) is 16.7. The monoisotopic (exact) mass is 261 g/mol. The first-order chi connectivity index (χ1) is 8.41. The maximum Gasteiger partial charge on any atom is 0.451 e. The van der Waals surface area contributed by atoms with Gasteiger partial charge < -0.3 is 10.3 Å². The van der Waals surface area contributed by atoms with Crippen molar-refractivity contribution in [2.24, 2.45) is 5.73 Å². The molecule has 0 saturated heterocycles. The molecule has 1 aliphatic rings. The third-order valence-electron chi connectivity index (χ3n) is 2.82. The average Bonchev–Trinajstić information content (AvgIpc) is 2.71. The van der Waals surface area contributed by atoms with Gasteiger partial charge in [0.1, 0.15) is 5.82 Å². The lowest BCUT2D eigenvalue weighted by molar-refractivity contribution is -0.148. The van der Waals surface area contributed by atoms with Gasteiger partial charge in [-0.3, -0.25) is 4.90 Å². The van der Waals surface area contributed by atoms with Crippen LogP contribution in [0.1, 0.15) is 11.6 Å². The zero-order chi connectivity index (χ0) is 13.3. The highest BCUT2D eigenvalue weighted by atomic mass is 19.4. The van der Waals surface area contributed by atoms with Crippen LogP contribution in [0, 0.1) is 0 Å². The third kappa shape index (κ3) is 2.54. The second-order valence-corrected chi connectivity index (χ2v) is 4.25. The lowest BCUT2D eigenvalue weighted by atomic mass is 10.2. The minimum absolute atomic E-state index is 0.231. The third-order valence-corrected chi connectivity index (χ3v) is 2.82. The van der Waals surface area contributed by atoms with Crippen molar-refractivity contribution in [3.05, 3.63) is 23.8 Å². The summed E-state index contributed by atoms with van der Waals surface area (Å²) in [5.74, 6) is -0.590. The molecule has 2 rings (SSSR count). The van der Waals surface area contributed by atoms with E-state index in [4.69, 9.17) is 5.73 Å². The quantitative estimate of drug-likeness (QED) is 0.811. The van der Waals surface area contributed by atoms with Crippen LogP contribution in [0.2, 0.25) is 0 Å². The van der Waals surface area contributed by atoms with Gasteiger partial charge in [0.05, 0.1) is 6.54 Å². The summed E-state index contributed by atoms with van der Waals surface area (Å²) in [7, 11) is 0. The van der Waals surface area contributed by atoms with Gasteiger partial charge in [-0.15, -0.1) is 10.2 Å². The van der Waals surface area contributed by atoms with E-state index in [2.05, 4.69) is 16.8 Å². The van der Waals surface area contributed by atoms with Gasteiger partial charge in [-0.1, -0.05) is 6.58 Å². The number of hydrogen-bond acceptors (Lipinski definition) is 4. The molecule has 5 nitrogen and oxygen atoms in total. The van der Waals surface area contributed by atoms with Crippen molar-refractivity contribution in [3.63, 3.8) is 0 Å². The van der Waals surface area contributed by atoms with E-state index in [0.717, 1.165) is 10.1 Å². The number of nitrogens with zero attached hydrogens (tertiary/aromatic N) is 4.